The molecule has 1 amide bonds. The molecule has 2 heterocycles. The molecule has 1 aliphatic heterocycles. The van der Waals surface area contributed by atoms with Gasteiger partial charge in [-0.1, -0.05) is 75.4 Å². The molecule has 0 spiro atoms. The molecule has 0 radical (unpaired) electrons. The van der Waals surface area contributed by atoms with Crippen molar-refractivity contribution >= 4 is 32.5 Å². The van der Waals surface area contributed by atoms with Crippen LogP contribution in [0.1, 0.15) is 86.0 Å². The number of anilines is 1. The first-order chi connectivity index (χ1) is 22.3. The van der Waals surface area contributed by atoms with Crippen LogP contribution in [0.5, 0.6) is 0 Å². The lowest BCUT2D eigenvalue weighted by atomic mass is 9.95. The largest absolute Gasteiger partial charge is 0.390 e. The van der Waals surface area contributed by atoms with Crippen molar-refractivity contribution < 1.29 is 18.3 Å². The number of nitrogens with one attached hydrogen (secondary N) is 2. The number of aryl methyl sites for hydroxylation is 1. The summed E-state index contributed by atoms with van der Waals surface area (Å²) in [6.45, 7) is 10.6. The number of rotatable bonds is 11. The second-order valence-corrected chi connectivity index (χ2v) is 16.9. The highest BCUT2D eigenvalue weighted by Crippen LogP contribution is 2.46. The summed E-state index contributed by atoms with van der Waals surface area (Å²) >= 11 is 0. The quantitative estimate of drug-likeness (QED) is 0.188. The van der Waals surface area contributed by atoms with Crippen molar-refractivity contribution in [3.63, 3.8) is 0 Å². The van der Waals surface area contributed by atoms with Crippen LogP contribution >= 0.6 is 0 Å². The Kier molecular flexibility index (Phi) is 8.78. The number of aliphatic hydroxyl groups excluding tert-OH is 1. The fourth-order valence-corrected chi connectivity index (χ4v) is 8.43. The van der Waals surface area contributed by atoms with Gasteiger partial charge in [0.15, 0.2) is 0 Å². The Morgan fingerprint density at radius 3 is 2.40 bits per heavy atom. The molecule has 8 nitrogen and oxygen atoms in total. The van der Waals surface area contributed by atoms with Crippen LogP contribution in [0.4, 0.5) is 5.69 Å². The maximum absolute atomic E-state index is 14.1. The number of aliphatic hydroxyl groups is 1. The van der Waals surface area contributed by atoms with Crippen LogP contribution in [0.3, 0.4) is 0 Å². The average molecular weight is 657 g/mol. The second-order valence-electron chi connectivity index (χ2n) is 14.3. The summed E-state index contributed by atoms with van der Waals surface area (Å²) in [4.78, 5) is 14.1. The molecule has 3 aromatic carbocycles. The average Bonchev–Trinajstić information content (AvgIpc) is 3.78. The molecule has 1 saturated carbocycles. The van der Waals surface area contributed by atoms with E-state index >= 15 is 0 Å². The van der Waals surface area contributed by atoms with Gasteiger partial charge in [-0.3, -0.25) is 9.10 Å². The van der Waals surface area contributed by atoms with Gasteiger partial charge in [-0.15, -0.1) is 0 Å². The minimum atomic E-state index is -3.71. The minimum Gasteiger partial charge on any atom is -0.390 e. The van der Waals surface area contributed by atoms with Crippen LogP contribution in [0.25, 0.3) is 10.9 Å². The Morgan fingerprint density at radius 2 is 1.74 bits per heavy atom. The zero-order valence-electron chi connectivity index (χ0n) is 28.4. The van der Waals surface area contributed by atoms with Gasteiger partial charge in [0.1, 0.15) is 4.75 Å². The first-order valence-corrected chi connectivity index (χ1v) is 18.2. The number of hydrogen-bond acceptors (Lipinski definition) is 5. The normalized spacial score (nSPS) is 18.9. The fraction of sp³-hybridized carbons (Fsp3) is 0.447. The smallest absolute Gasteiger partial charge is 0.251 e. The Morgan fingerprint density at radius 1 is 1.02 bits per heavy atom. The highest BCUT2D eigenvalue weighted by Gasteiger charge is 2.45. The molecular weight excluding hydrogens is 609 g/mol. The minimum absolute atomic E-state index is 0.174. The predicted molar refractivity (Wildman–Crippen MR) is 190 cm³/mol. The maximum atomic E-state index is 14.1. The standard InChI is InChI=1S/C38H48N4O4S/c1-7-27-23-42-24-37(4,5)47(45,46)41(6)33-21-29(20-31(27)35(33)42)36(44)40-32(18-26-12-9-8-10-13-26)34(43)22-39-38(16-17-38)30-15-11-14-28(19-30)25(2)3/h8-15,19-21,23,25,32,34,39,43H,7,16-18,22,24H2,1-6H3,(H,40,44)/t32-,34+/m0/s1. The molecule has 0 saturated heterocycles. The highest BCUT2D eigenvalue weighted by atomic mass is 32.2. The van der Waals surface area contributed by atoms with Crippen LogP contribution in [-0.2, 0) is 34.9 Å². The highest BCUT2D eigenvalue weighted by molar-refractivity contribution is 7.94. The Bertz CT molecular complexity index is 1890. The number of hydrogen-bond donors (Lipinski definition) is 3. The van der Waals surface area contributed by atoms with Crippen LogP contribution in [0.2, 0.25) is 0 Å². The Balaban J connectivity index is 1.29. The third-order valence-corrected chi connectivity index (χ3v) is 12.7. The van der Waals surface area contributed by atoms with Gasteiger partial charge in [0.05, 0.1) is 23.3 Å². The molecule has 6 rings (SSSR count). The maximum Gasteiger partial charge on any atom is 0.251 e. The van der Waals surface area contributed by atoms with Crippen molar-refractivity contribution in [1.82, 2.24) is 15.2 Å². The molecule has 1 aromatic heterocycles. The lowest BCUT2D eigenvalue weighted by molar-refractivity contribution is 0.0822. The molecule has 0 unspecified atom stereocenters. The third kappa shape index (κ3) is 6.21. The van der Waals surface area contributed by atoms with Gasteiger partial charge in [0, 0.05) is 42.8 Å². The van der Waals surface area contributed by atoms with Gasteiger partial charge in [0.2, 0.25) is 10.0 Å². The van der Waals surface area contributed by atoms with Crippen molar-refractivity contribution in [3.05, 3.63) is 101 Å². The molecule has 2 atom stereocenters. The Labute approximate surface area is 279 Å². The van der Waals surface area contributed by atoms with E-state index in [2.05, 4.69) is 55.7 Å². The van der Waals surface area contributed by atoms with E-state index in [0.29, 0.717) is 36.7 Å². The van der Waals surface area contributed by atoms with E-state index in [9.17, 15) is 18.3 Å². The number of amides is 1. The van der Waals surface area contributed by atoms with Gasteiger partial charge in [-0.25, -0.2) is 8.42 Å². The van der Waals surface area contributed by atoms with E-state index in [1.807, 2.05) is 47.2 Å². The fourth-order valence-electron chi connectivity index (χ4n) is 6.99. The first kappa shape index (κ1) is 33.2. The summed E-state index contributed by atoms with van der Waals surface area (Å²) < 4.78 is 29.6. The van der Waals surface area contributed by atoms with E-state index in [1.165, 1.54) is 15.4 Å². The van der Waals surface area contributed by atoms with Crippen LogP contribution in [0, 0.1) is 0 Å². The van der Waals surface area contributed by atoms with E-state index in [0.717, 1.165) is 41.3 Å². The zero-order chi connectivity index (χ0) is 33.7. The Hall–Kier alpha value is -3.66. The monoisotopic (exact) mass is 656 g/mol. The number of sulfonamides is 1. The topological polar surface area (TPSA) is 104 Å². The molecular formula is C38H48N4O4S. The van der Waals surface area contributed by atoms with Gasteiger partial charge in [0.25, 0.3) is 5.91 Å². The van der Waals surface area contributed by atoms with Gasteiger partial charge in [-0.2, -0.15) is 0 Å². The molecule has 3 N–H and O–H groups in total. The number of nitrogens with zero attached hydrogens (tertiary/aromatic N) is 2. The van der Waals surface area contributed by atoms with E-state index < -0.39 is 26.9 Å². The van der Waals surface area contributed by atoms with Crippen LogP contribution in [-0.4, -0.2) is 54.5 Å². The van der Waals surface area contributed by atoms with Gasteiger partial charge in [-0.05, 0) is 79.8 Å². The molecule has 2 aliphatic rings. The molecule has 4 aromatic rings. The lowest BCUT2D eigenvalue weighted by Crippen LogP contribution is -2.50. The van der Waals surface area contributed by atoms with Crippen molar-refractivity contribution in [3.8, 4) is 0 Å². The van der Waals surface area contributed by atoms with Crippen molar-refractivity contribution in [2.45, 2.75) is 95.2 Å². The van der Waals surface area contributed by atoms with Crippen LogP contribution < -0.4 is 14.9 Å². The summed E-state index contributed by atoms with van der Waals surface area (Å²) in [6.07, 6.45) is 4.32. The van der Waals surface area contributed by atoms with E-state index in [4.69, 9.17) is 0 Å². The van der Waals surface area contributed by atoms with Crippen molar-refractivity contribution in [2.75, 3.05) is 17.9 Å². The summed E-state index contributed by atoms with van der Waals surface area (Å²) in [7, 11) is -2.14. The van der Waals surface area contributed by atoms with E-state index in [1.54, 1.807) is 27.0 Å². The molecule has 9 heteroatoms. The number of carbonyl (C=O) groups is 1. The lowest BCUT2D eigenvalue weighted by Gasteiger charge is -2.29. The van der Waals surface area contributed by atoms with Crippen LogP contribution in [0.15, 0.2) is 72.9 Å². The third-order valence-electron chi connectivity index (χ3n) is 10.2. The number of benzene rings is 3. The summed E-state index contributed by atoms with van der Waals surface area (Å²) in [6, 6.07) is 21.5. The van der Waals surface area contributed by atoms with E-state index in [-0.39, 0.29) is 11.4 Å². The zero-order valence-corrected chi connectivity index (χ0v) is 29.2. The number of aromatic nitrogens is 1. The SMILES string of the molecule is CCc1cn2c3c(cc(C(=O)N[C@@H](Cc4ccccc4)[C@H](O)CNC4(c5cccc(C(C)C)c5)CC4)cc13)N(C)S(=O)(=O)C(C)(C)C2. The molecule has 1 aliphatic carbocycles. The summed E-state index contributed by atoms with van der Waals surface area (Å²) in [5.41, 5.74) is 6.08. The van der Waals surface area contributed by atoms with Gasteiger partial charge < -0.3 is 20.3 Å². The summed E-state index contributed by atoms with van der Waals surface area (Å²) in [5.74, 6) is 0.0799. The molecule has 0 bridgehead atoms. The first-order valence-electron chi connectivity index (χ1n) is 16.8. The molecule has 250 valence electrons. The van der Waals surface area contributed by atoms with Gasteiger partial charge >= 0.3 is 0 Å². The molecule has 1 fully saturated rings. The molecule has 47 heavy (non-hydrogen) atoms. The van der Waals surface area contributed by atoms with Crippen molar-refractivity contribution in [1.29, 1.82) is 0 Å². The van der Waals surface area contributed by atoms with Crippen molar-refractivity contribution in [2.24, 2.45) is 0 Å². The summed E-state index contributed by atoms with van der Waals surface area (Å²) in [5, 5.41) is 19.3. The second kappa shape index (κ2) is 12.4. The number of carbonyl (C=O) groups excluding carboxylic acids is 1. The predicted octanol–water partition coefficient (Wildman–Crippen LogP) is 5.87.